The van der Waals surface area contributed by atoms with Crippen LogP contribution in [0.15, 0.2) is 51.8 Å². The van der Waals surface area contributed by atoms with Crippen molar-refractivity contribution in [2.45, 2.75) is 62.8 Å². The quantitative estimate of drug-likeness (QED) is 0.249. The van der Waals surface area contributed by atoms with Gasteiger partial charge in [-0.25, -0.2) is 12.8 Å². The van der Waals surface area contributed by atoms with E-state index in [1.165, 1.54) is 0 Å². The molecule has 0 aromatic heterocycles. The fourth-order valence-electron chi connectivity index (χ4n) is 3.08. The Kier molecular flexibility index (Phi) is 10.4. The monoisotopic (exact) mass is 532 g/mol. The van der Waals surface area contributed by atoms with Crippen LogP contribution in [-0.4, -0.2) is 20.4 Å². The zero-order chi connectivity index (χ0) is 22.9. The second-order valence-corrected chi connectivity index (χ2v) is 10.2. The van der Waals surface area contributed by atoms with Gasteiger partial charge in [-0.2, -0.15) is 4.72 Å². The van der Waals surface area contributed by atoms with Crippen molar-refractivity contribution in [2.75, 3.05) is 5.32 Å². The van der Waals surface area contributed by atoms with Gasteiger partial charge in [0.2, 0.25) is 15.9 Å². The molecule has 0 heterocycles. The van der Waals surface area contributed by atoms with Crippen LogP contribution in [0.25, 0.3) is 0 Å². The largest absolute Gasteiger partial charge is 0.325 e. The first-order chi connectivity index (χ1) is 14.7. The van der Waals surface area contributed by atoms with Crippen molar-refractivity contribution in [1.82, 2.24) is 4.72 Å². The third-order valence-corrected chi connectivity index (χ3v) is 7.45. The molecule has 0 aliphatic rings. The molecular formula is C22H27BrClFN2O3S. The third-order valence-electron chi connectivity index (χ3n) is 4.77. The maximum absolute atomic E-state index is 14.3. The van der Waals surface area contributed by atoms with Gasteiger partial charge in [0.05, 0.1) is 5.02 Å². The van der Waals surface area contributed by atoms with Crippen LogP contribution in [0.1, 0.15) is 51.9 Å². The van der Waals surface area contributed by atoms with E-state index in [1.54, 1.807) is 24.3 Å². The Labute approximate surface area is 196 Å². The highest BCUT2D eigenvalue weighted by Crippen LogP contribution is 2.28. The van der Waals surface area contributed by atoms with Crippen LogP contribution in [-0.2, 0) is 14.8 Å². The number of halogens is 3. The van der Waals surface area contributed by atoms with E-state index in [-0.39, 0.29) is 9.50 Å². The molecule has 0 saturated heterocycles. The summed E-state index contributed by atoms with van der Waals surface area (Å²) in [5.74, 6) is -1.47. The van der Waals surface area contributed by atoms with Gasteiger partial charge in [0, 0.05) is 10.2 Å². The lowest BCUT2D eigenvalue weighted by Crippen LogP contribution is -2.44. The molecule has 0 aliphatic heterocycles. The van der Waals surface area contributed by atoms with Gasteiger partial charge in [0.1, 0.15) is 16.8 Å². The zero-order valence-electron chi connectivity index (χ0n) is 17.3. The molecule has 0 fully saturated rings. The van der Waals surface area contributed by atoms with E-state index in [0.717, 1.165) is 44.2 Å². The molecule has 2 N–H and O–H groups in total. The number of rotatable bonds is 12. The van der Waals surface area contributed by atoms with E-state index in [2.05, 4.69) is 32.9 Å². The summed E-state index contributed by atoms with van der Waals surface area (Å²) in [6.07, 6.45) is 6.27. The van der Waals surface area contributed by atoms with Crippen molar-refractivity contribution in [3.8, 4) is 0 Å². The van der Waals surface area contributed by atoms with E-state index in [1.807, 2.05) is 6.07 Å². The molecule has 5 nitrogen and oxygen atoms in total. The molecule has 1 unspecified atom stereocenters. The smallest absolute Gasteiger partial charge is 0.244 e. The van der Waals surface area contributed by atoms with Crippen LogP contribution < -0.4 is 10.0 Å². The molecule has 0 radical (unpaired) electrons. The number of sulfonamides is 1. The van der Waals surface area contributed by atoms with Crippen LogP contribution in [0.4, 0.5) is 10.1 Å². The Morgan fingerprint density at radius 3 is 2.42 bits per heavy atom. The summed E-state index contributed by atoms with van der Waals surface area (Å²) < 4.78 is 42.7. The minimum atomic E-state index is -4.29. The Morgan fingerprint density at radius 2 is 1.74 bits per heavy atom. The van der Waals surface area contributed by atoms with Crippen molar-refractivity contribution in [2.24, 2.45) is 0 Å². The summed E-state index contributed by atoms with van der Waals surface area (Å²) in [4.78, 5) is 12.3. The molecule has 1 atom stereocenters. The molecule has 2 aromatic carbocycles. The molecule has 0 saturated carbocycles. The molecule has 2 rings (SSSR count). The summed E-state index contributed by atoms with van der Waals surface area (Å²) in [6.45, 7) is 2.13. The number of hydrogen-bond donors (Lipinski definition) is 2. The molecule has 1 amide bonds. The van der Waals surface area contributed by atoms with Gasteiger partial charge in [-0.1, -0.05) is 75.2 Å². The topological polar surface area (TPSA) is 75.3 Å². The molecule has 2 aromatic rings. The SMILES string of the molecule is CCCCCCCCC(NS(=O)(=O)c1cc(Br)c(Cl)cc1F)C(=O)Nc1ccccc1. The average molecular weight is 534 g/mol. The van der Waals surface area contributed by atoms with Gasteiger partial charge in [-0.05, 0) is 46.6 Å². The maximum Gasteiger partial charge on any atom is 0.244 e. The van der Waals surface area contributed by atoms with Gasteiger partial charge < -0.3 is 5.32 Å². The first-order valence-corrected chi connectivity index (χ1v) is 12.9. The lowest BCUT2D eigenvalue weighted by molar-refractivity contribution is -0.117. The molecular weight excluding hydrogens is 507 g/mol. The number of benzene rings is 2. The van der Waals surface area contributed by atoms with Gasteiger partial charge in [-0.3, -0.25) is 4.79 Å². The van der Waals surface area contributed by atoms with Crippen LogP contribution >= 0.6 is 27.5 Å². The number of amides is 1. The molecule has 0 bridgehead atoms. The van der Waals surface area contributed by atoms with Crippen molar-refractivity contribution in [1.29, 1.82) is 0 Å². The van der Waals surface area contributed by atoms with E-state index in [0.29, 0.717) is 18.5 Å². The third kappa shape index (κ3) is 8.18. The Balaban J connectivity index is 2.16. The van der Waals surface area contributed by atoms with Crippen LogP contribution in [0.2, 0.25) is 5.02 Å². The number of anilines is 1. The first-order valence-electron chi connectivity index (χ1n) is 10.3. The van der Waals surface area contributed by atoms with Gasteiger partial charge >= 0.3 is 0 Å². The predicted molar refractivity (Wildman–Crippen MR) is 126 cm³/mol. The minimum absolute atomic E-state index is 0.0573. The fourth-order valence-corrected chi connectivity index (χ4v) is 5.04. The summed E-state index contributed by atoms with van der Waals surface area (Å²) >= 11 is 8.95. The Hall–Kier alpha value is -1.48. The molecule has 9 heteroatoms. The number of hydrogen-bond acceptors (Lipinski definition) is 3. The highest BCUT2D eigenvalue weighted by atomic mass is 79.9. The van der Waals surface area contributed by atoms with Gasteiger partial charge in [-0.15, -0.1) is 0 Å². The normalized spacial score (nSPS) is 12.5. The molecule has 170 valence electrons. The summed E-state index contributed by atoms with van der Waals surface area (Å²) in [6, 6.07) is 9.75. The fraction of sp³-hybridized carbons (Fsp3) is 0.409. The van der Waals surface area contributed by atoms with E-state index in [9.17, 15) is 17.6 Å². The lowest BCUT2D eigenvalue weighted by Gasteiger charge is -2.19. The van der Waals surface area contributed by atoms with E-state index >= 15 is 0 Å². The Morgan fingerprint density at radius 1 is 1.10 bits per heavy atom. The zero-order valence-corrected chi connectivity index (χ0v) is 20.5. The van der Waals surface area contributed by atoms with E-state index < -0.39 is 32.7 Å². The molecule has 0 aliphatic carbocycles. The number of carbonyl (C=O) groups excluding carboxylic acids is 1. The van der Waals surface area contributed by atoms with Crippen LogP contribution in [0, 0.1) is 5.82 Å². The van der Waals surface area contributed by atoms with Crippen molar-refractivity contribution < 1.29 is 17.6 Å². The molecule has 31 heavy (non-hydrogen) atoms. The summed E-state index contributed by atoms with van der Waals surface area (Å²) in [5.41, 5.74) is 0.556. The standard InChI is InChI=1S/C22H27BrClFN2O3S/c1-2-3-4-5-6-10-13-20(22(28)26-16-11-8-7-9-12-16)27-31(29,30)21-14-17(23)18(24)15-19(21)25/h7-9,11-12,14-15,20,27H,2-6,10,13H2,1H3,(H,26,28). The lowest BCUT2D eigenvalue weighted by atomic mass is 10.1. The second kappa shape index (κ2) is 12.5. The van der Waals surface area contributed by atoms with Crippen molar-refractivity contribution >= 4 is 49.1 Å². The van der Waals surface area contributed by atoms with Gasteiger partial charge in [0.25, 0.3) is 0 Å². The number of para-hydroxylation sites is 1. The number of unbranched alkanes of at least 4 members (excludes halogenated alkanes) is 5. The number of carbonyl (C=O) groups is 1. The Bertz CT molecular complexity index is 974. The first kappa shape index (κ1) is 25.8. The van der Waals surface area contributed by atoms with Gasteiger partial charge in [0.15, 0.2) is 0 Å². The van der Waals surface area contributed by atoms with Crippen molar-refractivity contribution in [3.63, 3.8) is 0 Å². The maximum atomic E-state index is 14.3. The average Bonchev–Trinajstić information content (AvgIpc) is 2.72. The molecule has 0 spiro atoms. The minimum Gasteiger partial charge on any atom is -0.325 e. The predicted octanol–water partition coefficient (Wildman–Crippen LogP) is 6.28. The summed E-state index contributed by atoms with van der Waals surface area (Å²) in [7, 11) is -4.29. The van der Waals surface area contributed by atoms with Crippen molar-refractivity contribution in [3.05, 3.63) is 57.8 Å². The highest BCUT2D eigenvalue weighted by Gasteiger charge is 2.28. The highest BCUT2D eigenvalue weighted by molar-refractivity contribution is 9.10. The van der Waals surface area contributed by atoms with Crippen LogP contribution in [0.3, 0.4) is 0 Å². The summed E-state index contributed by atoms with van der Waals surface area (Å²) in [5, 5.41) is 2.78. The second-order valence-electron chi connectivity index (χ2n) is 7.28. The number of nitrogens with one attached hydrogen (secondary N) is 2. The van der Waals surface area contributed by atoms with E-state index in [4.69, 9.17) is 11.6 Å². The van der Waals surface area contributed by atoms with Crippen LogP contribution in [0.5, 0.6) is 0 Å².